The van der Waals surface area contributed by atoms with Gasteiger partial charge in [0.05, 0.1) is 12.5 Å². The van der Waals surface area contributed by atoms with E-state index in [1.807, 2.05) is 0 Å². The maximum atomic E-state index is 12.7. The molecule has 0 aliphatic carbocycles. The first-order valence-electron chi connectivity index (χ1n) is 10.3. The number of primary amides is 1. The predicted octanol–water partition coefficient (Wildman–Crippen LogP) is -2.14. The number of amides is 4. The highest BCUT2D eigenvalue weighted by molar-refractivity contribution is 5.96. The molecule has 0 aliphatic rings. The number of hydrogen-bond acceptors (Lipinski definition) is 7. The third kappa shape index (κ3) is 10.1. The lowest BCUT2D eigenvalue weighted by Gasteiger charge is -2.23. The Morgan fingerprint density at radius 2 is 1.47 bits per heavy atom. The zero-order chi connectivity index (χ0) is 25.8. The first-order chi connectivity index (χ1) is 15.9. The van der Waals surface area contributed by atoms with Gasteiger partial charge in [0.25, 0.3) is 0 Å². The van der Waals surface area contributed by atoms with E-state index in [2.05, 4.69) is 16.0 Å². The van der Waals surface area contributed by atoms with Crippen LogP contribution in [0.25, 0.3) is 0 Å². The molecule has 0 radical (unpaired) electrons. The molecule has 13 heteroatoms. The molecule has 0 saturated heterocycles. The number of carbonyl (C=O) groups excluding carboxylic acids is 4. The molecule has 0 saturated carbocycles. The molecule has 34 heavy (non-hydrogen) atoms. The van der Waals surface area contributed by atoms with Gasteiger partial charge in [-0.05, 0) is 18.9 Å². The van der Waals surface area contributed by atoms with Crippen molar-refractivity contribution >= 4 is 35.6 Å². The minimum absolute atomic E-state index is 0.0418. The summed E-state index contributed by atoms with van der Waals surface area (Å²) < 4.78 is 0. The SMILES string of the molecule is CC(NC(=O)C(N)CCC(=O)O)C(=O)NC(CC(N)=O)C(=O)NC(Cc1ccccc1)C(=O)O. The van der Waals surface area contributed by atoms with Crippen molar-refractivity contribution in [3.8, 4) is 0 Å². The van der Waals surface area contributed by atoms with E-state index in [-0.39, 0.29) is 19.3 Å². The number of benzene rings is 1. The van der Waals surface area contributed by atoms with Crippen molar-refractivity contribution in [1.29, 1.82) is 0 Å². The molecular weight excluding hydrogens is 450 g/mol. The van der Waals surface area contributed by atoms with E-state index in [0.29, 0.717) is 5.56 Å². The van der Waals surface area contributed by atoms with Crippen molar-refractivity contribution in [3.63, 3.8) is 0 Å². The lowest BCUT2D eigenvalue weighted by molar-refractivity contribution is -0.142. The quantitative estimate of drug-likeness (QED) is 0.154. The smallest absolute Gasteiger partial charge is 0.326 e. The Labute approximate surface area is 195 Å². The van der Waals surface area contributed by atoms with Crippen LogP contribution in [0.3, 0.4) is 0 Å². The van der Waals surface area contributed by atoms with Gasteiger partial charge in [0.1, 0.15) is 18.1 Å². The van der Waals surface area contributed by atoms with Gasteiger partial charge in [-0.3, -0.25) is 24.0 Å². The van der Waals surface area contributed by atoms with Crippen molar-refractivity contribution in [3.05, 3.63) is 35.9 Å². The van der Waals surface area contributed by atoms with Crippen molar-refractivity contribution in [2.75, 3.05) is 0 Å². The number of nitrogens with two attached hydrogens (primary N) is 2. The number of hydrogen-bond donors (Lipinski definition) is 7. The molecule has 186 valence electrons. The number of rotatable bonds is 14. The molecule has 13 nitrogen and oxygen atoms in total. The van der Waals surface area contributed by atoms with Gasteiger partial charge in [-0.2, -0.15) is 0 Å². The van der Waals surface area contributed by atoms with E-state index in [1.54, 1.807) is 30.3 Å². The standard InChI is InChI=1S/C21H29N5O8/c1-11(24-19(31)13(22)7-8-17(28)29)18(30)25-14(10-16(23)27)20(32)26-15(21(33)34)9-12-5-3-2-4-6-12/h2-6,11,13-15H,7-10,22H2,1H3,(H2,23,27)(H,24,31)(H,25,30)(H,26,32)(H,28,29)(H,33,34). The molecule has 1 aromatic rings. The molecule has 0 aromatic heterocycles. The van der Waals surface area contributed by atoms with Crippen LogP contribution in [0.15, 0.2) is 30.3 Å². The molecule has 9 N–H and O–H groups in total. The van der Waals surface area contributed by atoms with Crippen LogP contribution in [0.5, 0.6) is 0 Å². The lowest BCUT2D eigenvalue weighted by atomic mass is 10.0. The summed E-state index contributed by atoms with van der Waals surface area (Å²) in [5, 5.41) is 24.9. The summed E-state index contributed by atoms with van der Waals surface area (Å²) in [6.07, 6.45) is -1.15. The van der Waals surface area contributed by atoms with Crippen LogP contribution in [0.1, 0.15) is 31.7 Å². The van der Waals surface area contributed by atoms with Crippen molar-refractivity contribution in [1.82, 2.24) is 16.0 Å². The number of carboxylic acid groups (broad SMARTS) is 2. The fourth-order valence-corrected chi connectivity index (χ4v) is 2.83. The minimum Gasteiger partial charge on any atom is -0.481 e. The van der Waals surface area contributed by atoms with E-state index < -0.39 is 66.2 Å². The predicted molar refractivity (Wildman–Crippen MR) is 118 cm³/mol. The lowest BCUT2D eigenvalue weighted by Crippen LogP contribution is -2.57. The average molecular weight is 479 g/mol. The Bertz CT molecular complexity index is 908. The summed E-state index contributed by atoms with van der Waals surface area (Å²) in [6, 6.07) is 3.29. The summed E-state index contributed by atoms with van der Waals surface area (Å²) in [4.78, 5) is 70.8. The number of aliphatic carboxylic acids is 2. The second-order valence-corrected chi connectivity index (χ2v) is 7.59. The topological polar surface area (TPSA) is 231 Å². The van der Waals surface area contributed by atoms with Crippen LogP contribution in [0, 0.1) is 0 Å². The summed E-state index contributed by atoms with van der Waals surface area (Å²) in [5.74, 6) is -5.99. The molecule has 0 fully saturated rings. The van der Waals surface area contributed by atoms with E-state index >= 15 is 0 Å². The largest absolute Gasteiger partial charge is 0.481 e. The van der Waals surface area contributed by atoms with Crippen LogP contribution >= 0.6 is 0 Å². The number of carbonyl (C=O) groups is 6. The highest BCUT2D eigenvalue weighted by atomic mass is 16.4. The van der Waals surface area contributed by atoms with E-state index in [0.717, 1.165) is 0 Å². The molecule has 4 unspecified atom stereocenters. The maximum Gasteiger partial charge on any atom is 0.326 e. The Balaban J connectivity index is 2.80. The Morgan fingerprint density at radius 3 is 2.00 bits per heavy atom. The second kappa shape index (κ2) is 13.5. The molecular formula is C21H29N5O8. The average Bonchev–Trinajstić information content (AvgIpc) is 2.76. The third-order valence-corrected chi connectivity index (χ3v) is 4.69. The molecule has 1 aromatic carbocycles. The molecule has 0 spiro atoms. The first-order valence-corrected chi connectivity index (χ1v) is 10.3. The molecule has 1 rings (SSSR count). The van der Waals surface area contributed by atoms with Crippen LogP contribution in [-0.2, 0) is 35.2 Å². The van der Waals surface area contributed by atoms with E-state index in [4.69, 9.17) is 16.6 Å². The van der Waals surface area contributed by atoms with Crippen LogP contribution in [-0.4, -0.2) is 69.9 Å². The van der Waals surface area contributed by atoms with Gasteiger partial charge in [-0.15, -0.1) is 0 Å². The first kappa shape index (κ1) is 28.0. The Kier molecular flexibility index (Phi) is 11.2. The summed E-state index contributed by atoms with van der Waals surface area (Å²) in [6.45, 7) is 1.28. The van der Waals surface area contributed by atoms with Crippen molar-refractivity contribution in [2.24, 2.45) is 11.5 Å². The number of nitrogens with one attached hydrogen (secondary N) is 3. The number of carboxylic acids is 2. The van der Waals surface area contributed by atoms with Crippen LogP contribution < -0.4 is 27.4 Å². The molecule has 0 bridgehead atoms. The van der Waals surface area contributed by atoms with Gasteiger partial charge in [0, 0.05) is 12.8 Å². The van der Waals surface area contributed by atoms with E-state index in [9.17, 15) is 33.9 Å². The van der Waals surface area contributed by atoms with Crippen LogP contribution in [0.4, 0.5) is 0 Å². The second-order valence-electron chi connectivity index (χ2n) is 7.59. The fraction of sp³-hybridized carbons (Fsp3) is 0.429. The van der Waals surface area contributed by atoms with Gasteiger partial charge in [-0.1, -0.05) is 30.3 Å². The molecule has 0 heterocycles. The monoisotopic (exact) mass is 479 g/mol. The Morgan fingerprint density at radius 1 is 0.882 bits per heavy atom. The Hall–Kier alpha value is -4.00. The van der Waals surface area contributed by atoms with Gasteiger partial charge in [0.15, 0.2) is 0 Å². The minimum atomic E-state index is -1.50. The molecule has 4 amide bonds. The van der Waals surface area contributed by atoms with Gasteiger partial charge >= 0.3 is 11.9 Å². The third-order valence-electron chi connectivity index (χ3n) is 4.69. The van der Waals surface area contributed by atoms with Gasteiger partial charge < -0.3 is 37.6 Å². The maximum absolute atomic E-state index is 12.7. The summed E-state index contributed by atoms with van der Waals surface area (Å²) in [7, 11) is 0. The highest BCUT2D eigenvalue weighted by Crippen LogP contribution is 2.05. The van der Waals surface area contributed by atoms with Crippen LogP contribution in [0.2, 0.25) is 0 Å². The normalized spacial score (nSPS) is 14.1. The van der Waals surface area contributed by atoms with E-state index in [1.165, 1.54) is 6.92 Å². The summed E-state index contributed by atoms with van der Waals surface area (Å²) in [5.41, 5.74) is 11.4. The highest BCUT2D eigenvalue weighted by Gasteiger charge is 2.30. The molecule has 0 aliphatic heterocycles. The van der Waals surface area contributed by atoms with Crippen molar-refractivity contribution < 1.29 is 39.0 Å². The fourth-order valence-electron chi connectivity index (χ4n) is 2.83. The van der Waals surface area contributed by atoms with Crippen molar-refractivity contribution in [2.45, 2.75) is 56.8 Å². The molecule has 4 atom stereocenters. The summed E-state index contributed by atoms with van der Waals surface area (Å²) >= 11 is 0. The van der Waals surface area contributed by atoms with Gasteiger partial charge in [0.2, 0.25) is 23.6 Å². The zero-order valence-corrected chi connectivity index (χ0v) is 18.5. The zero-order valence-electron chi connectivity index (χ0n) is 18.5. The van der Waals surface area contributed by atoms with Gasteiger partial charge in [-0.25, -0.2) is 4.79 Å².